The van der Waals surface area contributed by atoms with Gasteiger partial charge >= 0.3 is 0 Å². The molecule has 0 atom stereocenters. The monoisotopic (exact) mass is 119 g/mol. The van der Waals surface area contributed by atoms with Crippen molar-refractivity contribution < 1.29 is 4.70 Å². The van der Waals surface area contributed by atoms with Gasteiger partial charge in [0.25, 0.3) is 0 Å². The summed E-state index contributed by atoms with van der Waals surface area (Å²) in [5.41, 5.74) is 2.93. The van der Waals surface area contributed by atoms with Crippen molar-refractivity contribution >= 4 is 0 Å². The van der Waals surface area contributed by atoms with Gasteiger partial charge < -0.3 is 0 Å². The number of hydrogen-bond donors (Lipinski definition) is 2. The summed E-state index contributed by atoms with van der Waals surface area (Å²) in [4.78, 5) is 0. The molecule has 0 aliphatic heterocycles. The van der Waals surface area contributed by atoms with Crippen LogP contribution in [0.3, 0.4) is 0 Å². The molecule has 0 aromatic carbocycles. The van der Waals surface area contributed by atoms with E-state index in [0.717, 1.165) is 0 Å². The lowest BCUT2D eigenvalue weighted by atomic mass is 11.0. The van der Waals surface area contributed by atoms with Crippen molar-refractivity contribution in [3.05, 3.63) is 0 Å². The zero-order valence-electron chi connectivity index (χ0n) is 5.97. The Morgan fingerprint density at radius 2 is 1.75 bits per heavy atom. The van der Waals surface area contributed by atoms with Gasteiger partial charge in [-0.25, -0.2) is 5.01 Å². The van der Waals surface area contributed by atoms with E-state index in [2.05, 4.69) is 5.53 Å². The van der Waals surface area contributed by atoms with E-state index in [4.69, 9.17) is 5.84 Å². The van der Waals surface area contributed by atoms with Gasteiger partial charge in [0, 0.05) is 14.1 Å². The fraction of sp³-hybridized carbons (Fsp3) is 1.00. The number of rotatable bonds is 2. The number of hydrazine groups is 1. The van der Waals surface area contributed by atoms with Crippen LogP contribution in [0.4, 0.5) is 0 Å². The van der Waals surface area contributed by atoms with Crippen LogP contribution in [0.15, 0.2) is 0 Å². The number of nitrogens with two attached hydrogens (primary N) is 1. The predicted molar refractivity (Wildman–Crippen MR) is 33.1 cm³/mol. The second-order valence-corrected chi connectivity index (χ2v) is 2.53. The Morgan fingerprint density at radius 1 is 1.38 bits per heavy atom. The summed E-state index contributed by atoms with van der Waals surface area (Å²) >= 11 is 0. The highest BCUT2D eigenvalue weighted by Gasteiger charge is 2.06. The van der Waals surface area contributed by atoms with Crippen molar-refractivity contribution in [3.63, 3.8) is 0 Å². The third-order valence-corrected chi connectivity index (χ3v) is 0.458. The summed E-state index contributed by atoms with van der Waals surface area (Å²) in [5, 5.41) is 1.81. The number of nitrogens with one attached hydrogen (secondary N) is 1. The molecule has 4 heteroatoms. The molecule has 0 heterocycles. The van der Waals surface area contributed by atoms with E-state index in [9.17, 15) is 0 Å². The molecule has 0 unspecified atom stereocenters. The molecule has 0 saturated carbocycles. The van der Waals surface area contributed by atoms with Gasteiger partial charge in [0.15, 0.2) is 0 Å². The molecular weight excluding hydrogens is 104 g/mol. The molecule has 3 N–H and O–H groups in total. The third kappa shape index (κ3) is 5.84. The summed E-state index contributed by atoms with van der Waals surface area (Å²) < 4.78 is 0.257. The molecule has 0 amide bonds. The van der Waals surface area contributed by atoms with Crippen molar-refractivity contribution in [1.29, 1.82) is 0 Å². The zero-order chi connectivity index (χ0) is 6.78. The minimum absolute atomic E-state index is 0.257. The minimum atomic E-state index is 0.257. The van der Waals surface area contributed by atoms with Crippen LogP contribution in [0.1, 0.15) is 0 Å². The highest BCUT2D eigenvalue weighted by molar-refractivity contribution is 4.09. The Bertz CT molecular complexity index is 62.9. The standard InChI is InChI=1S/C4H15N4/c1-7(2)6-8(3,4)5/h6H,5H2,1-4H3/q+1. The van der Waals surface area contributed by atoms with E-state index in [1.807, 2.05) is 28.2 Å². The van der Waals surface area contributed by atoms with Crippen LogP contribution >= 0.6 is 0 Å². The van der Waals surface area contributed by atoms with Gasteiger partial charge in [-0.05, 0) is 0 Å². The van der Waals surface area contributed by atoms with Crippen LogP contribution in [0, 0.1) is 0 Å². The maximum atomic E-state index is 5.52. The Kier molecular flexibility index (Phi) is 2.36. The number of hydrogen-bond acceptors (Lipinski definition) is 3. The molecule has 8 heavy (non-hydrogen) atoms. The Morgan fingerprint density at radius 3 is 1.75 bits per heavy atom. The van der Waals surface area contributed by atoms with E-state index < -0.39 is 0 Å². The maximum Gasteiger partial charge on any atom is 0.105 e. The lowest BCUT2D eigenvalue weighted by molar-refractivity contribution is -0.959. The largest absolute Gasteiger partial charge is 0.204 e. The molecular formula is C4H15N4+. The smallest absolute Gasteiger partial charge is 0.105 e. The SMILES string of the molecule is CN(C)N[N+](C)(C)N. The second-order valence-electron chi connectivity index (χ2n) is 2.53. The first kappa shape index (κ1) is 7.84. The molecule has 0 radical (unpaired) electrons. The van der Waals surface area contributed by atoms with Gasteiger partial charge in [0.2, 0.25) is 0 Å². The van der Waals surface area contributed by atoms with Crippen molar-refractivity contribution in [3.8, 4) is 0 Å². The van der Waals surface area contributed by atoms with Crippen LogP contribution in [0.2, 0.25) is 0 Å². The van der Waals surface area contributed by atoms with Gasteiger partial charge in [-0.1, -0.05) is 5.53 Å². The van der Waals surface area contributed by atoms with E-state index in [0.29, 0.717) is 0 Å². The molecule has 0 aromatic rings. The minimum Gasteiger partial charge on any atom is -0.204 e. The summed E-state index contributed by atoms with van der Waals surface area (Å²) in [6.07, 6.45) is 0. The first-order valence-corrected chi connectivity index (χ1v) is 2.49. The normalized spacial score (nSPS) is 12.8. The van der Waals surface area contributed by atoms with E-state index >= 15 is 0 Å². The van der Waals surface area contributed by atoms with Crippen molar-refractivity contribution in [2.45, 2.75) is 0 Å². The van der Waals surface area contributed by atoms with Crippen LogP contribution in [-0.4, -0.2) is 37.9 Å². The van der Waals surface area contributed by atoms with Crippen LogP contribution < -0.4 is 11.4 Å². The lowest BCUT2D eigenvalue weighted by Gasteiger charge is -2.25. The zero-order valence-corrected chi connectivity index (χ0v) is 5.97. The quantitative estimate of drug-likeness (QED) is 0.276. The topological polar surface area (TPSA) is 41.3 Å². The molecule has 0 aromatic heterocycles. The predicted octanol–water partition coefficient (Wildman–Crippen LogP) is -1.08. The second kappa shape index (κ2) is 2.41. The first-order valence-electron chi connectivity index (χ1n) is 2.49. The van der Waals surface area contributed by atoms with Gasteiger partial charge in [-0.15, -0.1) is 0 Å². The third-order valence-electron chi connectivity index (χ3n) is 0.458. The van der Waals surface area contributed by atoms with Crippen molar-refractivity contribution in [1.82, 2.24) is 10.5 Å². The van der Waals surface area contributed by atoms with Crippen LogP contribution in [-0.2, 0) is 0 Å². The number of nitrogens with zero attached hydrogens (tertiary/aromatic N) is 2. The van der Waals surface area contributed by atoms with Crippen molar-refractivity contribution in [2.75, 3.05) is 28.2 Å². The summed E-state index contributed by atoms with van der Waals surface area (Å²) in [7, 11) is 7.49. The van der Waals surface area contributed by atoms with Crippen LogP contribution in [0.5, 0.6) is 0 Å². The average molecular weight is 119 g/mol. The molecule has 0 saturated heterocycles. The summed E-state index contributed by atoms with van der Waals surface area (Å²) in [6.45, 7) is 0. The Labute approximate surface area is 50.4 Å². The molecule has 0 spiro atoms. The fourth-order valence-corrected chi connectivity index (χ4v) is 0.515. The molecule has 50 valence electrons. The van der Waals surface area contributed by atoms with Gasteiger partial charge in [-0.2, -0.15) is 10.5 Å². The van der Waals surface area contributed by atoms with Gasteiger partial charge in [0.05, 0.1) is 0 Å². The van der Waals surface area contributed by atoms with E-state index in [-0.39, 0.29) is 4.70 Å². The molecule has 0 aliphatic carbocycles. The average Bonchev–Trinajstić information content (AvgIpc) is 1.21. The maximum absolute atomic E-state index is 5.52. The number of quaternary nitrogens is 1. The highest BCUT2D eigenvalue weighted by atomic mass is 15.9. The molecule has 0 rings (SSSR count). The summed E-state index contributed by atoms with van der Waals surface area (Å²) in [5.74, 6) is 5.52. The Hall–Kier alpha value is -0.160. The first-order chi connectivity index (χ1) is 3.42. The molecule has 0 aliphatic rings. The van der Waals surface area contributed by atoms with Gasteiger partial charge in [-0.3, -0.25) is 0 Å². The van der Waals surface area contributed by atoms with Crippen LogP contribution in [0.25, 0.3) is 0 Å². The van der Waals surface area contributed by atoms with E-state index in [1.54, 1.807) is 5.01 Å². The fourth-order valence-electron chi connectivity index (χ4n) is 0.515. The molecule has 0 bridgehead atoms. The highest BCUT2D eigenvalue weighted by Crippen LogP contribution is 1.74. The molecule has 4 nitrogen and oxygen atoms in total. The summed E-state index contributed by atoms with van der Waals surface area (Å²) in [6, 6.07) is 0. The molecule has 0 fully saturated rings. The Balaban J connectivity index is 3.39. The van der Waals surface area contributed by atoms with Gasteiger partial charge in [0.1, 0.15) is 14.1 Å². The van der Waals surface area contributed by atoms with E-state index in [1.165, 1.54) is 0 Å². The lowest BCUT2D eigenvalue weighted by Crippen LogP contribution is -2.61. The van der Waals surface area contributed by atoms with Crippen molar-refractivity contribution in [2.24, 2.45) is 5.84 Å².